The van der Waals surface area contributed by atoms with Crippen molar-refractivity contribution in [1.29, 1.82) is 0 Å². The molecule has 2 aromatic rings. The van der Waals surface area contributed by atoms with Crippen molar-refractivity contribution < 1.29 is 23.4 Å². The van der Waals surface area contributed by atoms with Gasteiger partial charge in [0.25, 0.3) is 0 Å². The molecule has 8 heteroatoms. The summed E-state index contributed by atoms with van der Waals surface area (Å²) < 4.78 is 26.7. The first kappa shape index (κ1) is 17.2. The van der Waals surface area contributed by atoms with Crippen LogP contribution < -0.4 is 4.90 Å². The summed E-state index contributed by atoms with van der Waals surface area (Å²) in [6.07, 6.45) is 0. The molecule has 0 saturated carbocycles. The van der Waals surface area contributed by atoms with Crippen LogP contribution in [0.25, 0.3) is 0 Å². The molecule has 0 atom stereocenters. The van der Waals surface area contributed by atoms with Gasteiger partial charge >= 0.3 is 5.97 Å². The summed E-state index contributed by atoms with van der Waals surface area (Å²) in [5.74, 6) is -1.49. The molecule has 1 aliphatic heterocycles. The number of aromatic carboxylic acids is 1. The standard InChI is InChI=1S/C17H18N2O5S/c20-16-7-6-13(12-15(16)17(21)22)18-8-10-19(11-9-18)25(23,24)14-4-2-1-3-5-14/h1-7,12,20H,8-11H2,(H,21,22). The number of carbonyl (C=O) groups is 1. The number of hydrogen-bond donors (Lipinski definition) is 2. The van der Waals surface area contributed by atoms with Gasteiger partial charge in [0.05, 0.1) is 4.90 Å². The van der Waals surface area contributed by atoms with Crippen molar-refractivity contribution in [2.24, 2.45) is 0 Å². The first-order valence-electron chi connectivity index (χ1n) is 7.76. The summed E-state index contributed by atoms with van der Waals surface area (Å²) in [5, 5.41) is 18.7. The maximum atomic E-state index is 12.6. The molecule has 0 amide bonds. The summed E-state index contributed by atoms with van der Waals surface area (Å²) in [7, 11) is -3.52. The minimum atomic E-state index is -3.52. The van der Waals surface area contributed by atoms with Crippen LogP contribution in [0.3, 0.4) is 0 Å². The van der Waals surface area contributed by atoms with Crippen LogP contribution in [0.4, 0.5) is 5.69 Å². The summed E-state index contributed by atoms with van der Waals surface area (Å²) in [4.78, 5) is 13.3. The fourth-order valence-corrected chi connectivity index (χ4v) is 4.26. The van der Waals surface area contributed by atoms with Crippen molar-refractivity contribution in [3.63, 3.8) is 0 Å². The maximum absolute atomic E-state index is 12.6. The van der Waals surface area contributed by atoms with E-state index in [-0.39, 0.29) is 16.2 Å². The zero-order valence-corrected chi connectivity index (χ0v) is 14.2. The third-order valence-corrected chi connectivity index (χ3v) is 6.11. The Balaban J connectivity index is 1.74. The van der Waals surface area contributed by atoms with Gasteiger partial charge in [0, 0.05) is 31.9 Å². The summed E-state index contributed by atoms with van der Waals surface area (Å²) >= 11 is 0. The largest absolute Gasteiger partial charge is 0.507 e. The molecular weight excluding hydrogens is 344 g/mol. The molecule has 132 valence electrons. The number of sulfonamides is 1. The smallest absolute Gasteiger partial charge is 0.339 e. The van der Waals surface area contributed by atoms with Crippen LogP contribution in [-0.4, -0.2) is 55.1 Å². The lowest BCUT2D eigenvalue weighted by molar-refractivity contribution is 0.0693. The van der Waals surface area contributed by atoms with E-state index >= 15 is 0 Å². The van der Waals surface area contributed by atoms with Gasteiger partial charge in [-0.2, -0.15) is 4.31 Å². The molecule has 3 rings (SSSR count). The van der Waals surface area contributed by atoms with Crippen LogP contribution in [0.5, 0.6) is 5.75 Å². The summed E-state index contributed by atoms with van der Waals surface area (Å²) in [5.41, 5.74) is 0.476. The van der Waals surface area contributed by atoms with Gasteiger partial charge in [0.1, 0.15) is 11.3 Å². The lowest BCUT2D eigenvalue weighted by atomic mass is 10.1. The molecule has 0 spiro atoms. The predicted molar refractivity (Wildman–Crippen MR) is 92.5 cm³/mol. The Bertz CT molecular complexity index is 875. The van der Waals surface area contributed by atoms with Gasteiger partial charge in [0.15, 0.2) is 0 Å². The molecule has 1 heterocycles. The molecule has 0 aliphatic carbocycles. The highest BCUT2D eigenvalue weighted by Gasteiger charge is 2.28. The van der Waals surface area contributed by atoms with E-state index in [0.717, 1.165) is 0 Å². The highest BCUT2D eigenvalue weighted by Crippen LogP contribution is 2.26. The Morgan fingerprint density at radius 2 is 1.60 bits per heavy atom. The molecule has 0 bridgehead atoms. The number of anilines is 1. The molecule has 7 nitrogen and oxygen atoms in total. The van der Waals surface area contributed by atoms with Crippen molar-refractivity contribution in [1.82, 2.24) is 4.31 Å². The second-order valence-electron chi connectivity index (χ2n) is 5.71. The van der Waals surface area contributed by atoms with Gasteiger partial charge < -0.3 is 15.1 Å². The van der Waals surface area contributed by atoms with Crippen LogP contribution in [-0.2, 0) is 10.0 Å². The van der Waals surface area contributed by atoms with Crippen LogP contribution >= 0.6 is 0 Å². The fourth-order valence-electron chi connectivity index (χ4n) is 2.82. The normalized spacial score (nSPS) is 15.9. The fraction of sp³-hybridized carbons (Fsp3) is 0.235. The number of aromatic hydroxyl groups is 1. The molecule has 0 radical (unpaired) electrons. The molecule has 25 heavy (non-hydrogen) atoms. The molecule has 2 aromatic carbocycles. The number of phenols is 1. The molecular formula is C17H18N2O5S. The van der Waals surface area contributed by atoms with Crippen LogP contribution in [0.1, 0.15) is 10.4 Å². The third kappa shape index (κ3) is 3.45. The molecule has 2 N–H and O–H groups in total. The van der Waals surface area contributed by atoms with Crippen molar-refractivity contribution in [2.45, 2.75) is 4.90 Å². The molecule has 1 saturated heterocycles. The first-order valence-corrected chi connectivity index (χ1v) is 9.20. The maximum Gasteiger partial charge on any atom is 0.339 e. The number of piperazine rings is 1. The van der Waals surface area contributed by atoms with Crippen LogP contribution in [0, 0.1) is 0 Å². The minimum absolute atomic E-state index is 0.170. The van der Waals surface area contributed by atoms with Gasteiger partial charge in [0.2, 0.25) is 10.0 Å². The van der Waals surface area contributed by atoms with Crippen molar-refractivity contribution >= 4 is 21.7 Å². The average molecular weight is 362 g/mol. The Kier molecular flexibility index (Phi) is 4.65. The number of carboxylic acids is 1. The Morgan fingerprint density at radius 3 is 2.20 bits per heavy atom. The number of rotatable bonds is 4. The van der Waals surface area contributed by atoms with E-state index in [4.69, 9.17) is 5.11 Å². The van der Waals surface area contributed by atoms with Gasteiger partial charge in [-0.25, -0.2) is 13.2 Å². The van der Waals surface area contributed by atoms with Gasteiger partial charge in [-0.1, -0.05) is 18.2 Å². The van der Waals surface area contributed by atoms with E-state index in [0.29, 0.717) is 31.9 Å². The van der Waals surface area contributed by atoms with Gasteiger partial charge in [-0.3, -0.25) is 0 Å². The number of nitrogens with zero attached hydrogens (tertiary/aromatic N) is 2. The highest BCUT2D eigenvalue weighted by atomic mass is 32.2. The van der Waals surface area contributed by atoms with Gasteiger partial charge in [-0.05, 0) is 30.3 Å². The zero-order valence-electron chi connectivity index (χ0n) is 13.4. The van der Waals surface area contributed by atoms with Crippen LogP contribution in [0.2, 0.25) is 0 Å². The van der Waals surface area contributed by atoms with E-state index in [1.54, 1.807) is 36.4 Å². The molecule has 1 aliphatic rings. The minimum Gasteiger partial charge on any atom is -0.507 e. The van der Waals surface area contributed by atoms with Crippen molar-refractivity contribution in [2.75, 3.05) is 31.1 Å². The second-order valence-corrected chi connectivity index (χ2v) is 7.65. The van der Waals surface area contributed by atoms with Crippen molar-refractivity contribution in [3.05, 3.63) is 54.1 Å². The Morgan fingerprint density at radius 1 is 0.960 bits per heavy atom. The van der Waals surface area contributed by atoms with E-state index in [9.17, 15) is 18.3 Å². The average Bonchev–Trinajstić information content (AvgIpc) is 2.63. The first-order chi connectivity index (χ1) is 11.9. The van der Waals surface area contributed by atoms with Gasteiger partial charge in [-0.15, -0.1) is 0 Å². The van der Waals surface area contributed by atoms with E-state index < -0.39 is 16.0 Å². The lowest BCUT2D eigenvalue weighted by Crippen LogP contribution is -2.48. The number of hydrogen-bond acceptors (Lipinski definition) is 5. The SMILES string of the molecule is O=C(O)c1cc(N2CCN(S(=O)(=O)c3ccccc3)CC2)ccc1O. The highest BCUT2D eigenvalue weighted by molar-refractivity contribution is 7.89. The molecule has 0 unspecified atom stereocenters. The van der Waals surface area contributed by atoms with E-state index in [2.05, 4.69) is 0 Å². The van der Waals surface area contributed by atoms with Crippen molar-refractivity contribution in [3.8, 4) is 5.75 Å². The number of benzene rings is 2. The quantitative estimate of drug-likeness (QED) is 0.857. The summed E-state index contributed by atoms with van der Waals surface area (Å²) in [6, 6.07) is 12.7. The van der Waals surface area contributed by atoms with Crippen LogP contribution in [0.15, 0.2) is 53.4 Å². The van der Waals surface area contributed by atoms with E-state index in [1.807, 2.05) is 4.90 Å². The number of carboxylic acid groups (broad SMARTS) is 1. The topological polar surface area (TPSA) is 98.2 Å². The molecule has 0 aromatic heterocycles. The monoisotopic (exact) mass is 362 g/mol. The van der Waals surface area contributed by atoms with E-state index in [1.165, 1.54) is 16.4 Å². The Hall–Kier alpha value is -2.58. The zero-order chi connectivity index (χ0) is 18.0. The Labute approximate surface area is 145 Å². The molecule has 1 fully saturated rings. The lowest BCUT2D eigenvalue weighted by Gasteiger charge is -2.35. The second kappa shape index (κ2) is 6.73. The predicted octanol–water partition coefficient (Wildman–Crippen LogP) is 1.60. The third-order valence-electron chi connectivity index (χ3n) is 4.20. The summed E-state index contributed by atoms with van der Waals surface area (Å²) in [6.45, 7) is 1.49.